The summed E-state index contributed by atoms with van der Waals surface area (Å²) in [6, 6.07) is 10.8. The predicted octanol–water partition coefficient (Wildman–Crippen LogP) is 4.40. The smallest absolute Gasteiger partial charge is 0.410 e. The number of phenolic OH excluding ortho intramolecular Hbond substituents is 1. The highest BCUT2D eigenvalue weighted by Gasteiger charge is 2.30. The minimum absolute atomic E-state index is 0.172. The van der Waals surface area contributed by atoms with Gasteiger partial charge in [-0.2, -0.15) is 0 Å². The molecule has 2 aromatic rings. The van der Waals surface area contributed by atoms with Gasteiger partial charge in [-0.15, -0.1) is 0 Å². The average molecular weight is 373 g/mol. The summed E-state index contributed by atoms with van der Waals surface area (Å²) in [6.07, 6.45) is -0.160. The average Bonchev–Trinajstić information content (AvgIpc) is 2.62. The second-order valence-corrected chi connectivity index (χ2v) is 7.59. The molecule has 2 aromatic carbocycles. The van der Waals surface area contributed by atoms with Crippen LogP contribution in [-0.4, -0.2) is 28.2 Å². The van der Waals surface area contributed by atoms with Crippen LogP contribution in [0.1, 0.15) is 37.5 Å². The molecule has 0 atom stereocenters. The van der Waals surface area contributed by atoms with Crippen molar-refractivity contribution in [2.45, 2.75) is 45.9 Å². The van der Waals surface area contributed by atoms with Crippen molar-refractivity contribution in [3.05, 3.63) is 58.9 Å². The molecule has 1 aliphatic heterocycles. The number of aromatic hydroxyl groups is 1. The van der Waals surface area contributed by atoms with Crippen LogP contribution in [0.25, 0.3) is 0 Å². The van der Waals surface area contributed by atoms with Gasteiger partial charge < -0.3 is 19.5 Å². The Morgan fingerprint density at radius 1 is 1.22 bits per heavy atom. The van der Waals surface area contributed by atoms with E-state index in [1.165, 1.54) is 11.0 Å². The summed E-state index contributed by atoms with van der Waals surface area (Å²) in [5.74, 6) is -0.718. The molecule has 0 saturated carbocycles. The van der Waals surface area contributed by atoms with Crippen LogP contribution in [0.4, 0.5) is 9.18 Å². The number of rotatable bonds is 3. The summed E-state index contributed by atoms with van der Waals surface area (Å²) in [5, 5.41) is 9.92. The minimum Gasteiger partial charge on any atom is -0.505 e. The van der Waals surface area contributed by atoms with Gasteiger partial charge in [0.2, 0.25) is 0 Å². The number of carbonyl (C=O) groups is 1. The highest BCUT2D eigenvalue weighted by Crippen LogP contribution is 2.36. The quantitative estimate of drug-likeness (QED) is 0.866. The largest absolute Gasteiger partial charge is 0.505 e. The van der Waals surface area contributed by atoms with E-state index in [-0.39, 0.29) is 19.6 Å². The molecule has 0 bridgehead atoms. The molecular formula is C21H24FNO4. The third-order valence-corrected chi connectivity index (χ3v) is 4.29. The van der Waals surface area contributed by atoms with Gasteiger partial charge in [0, 0.05) is 23.7 Å². The number of ether oxygens (including phenoxy) is 2. The van der Waals surface area contributed by atoms with Crippen LogP contribution in [0, 0.1) is 5.82 Å². The van der Waals surface area contributed by atoms with E-state index in [4.69, 9.17) is 9.47 Å². The molecule has 144 valence electrons. The maximum absolute atomic E-state index is 14.4. The van der Waals surface area contributed by atoms with E-state index in [2.05, 4.69) is 0 Å². The monoisotopic (exact) mass is 373 g/mol. The molecule has 0 saturated heterocycles. The van der Waals surface area contributed by atoms with Crippen molar-refractivity contribution < 1.29 is 23.8 Å². The van der Waals surface area contributed by atoms with Gasteiger partial charge >= 0.3 is 6.09 Å². The van der Waals surface area contributed by atoms with Crippen LogP contribution >= 0.6 is 0 Å². The van der Waals surface area contributed by atoms with Crippen molar-refractivity contribution in [2.24, 2.45) is 0 Å². The Morgan fingerprint density at radius 3 is 2.59 bits per heavy atom. The van der Waals surface area contributed by atoms with Crippen molar-refractivity contribution in [3.63, 3.8) is 0 Å². The molecule has 6 heteroatoms. The van der Waals surface area contributed by atoms with Crippen LogP contribution in [0.5, 0.6) is 11.5 Å². The Hall–Kier alpha value is -2.76. The van der Waals surface area contributed by atoms with E-state index >= 15 is 0 Å². The molecule has 5 nitrogen and oxygen atoms in total. The molecule has 0 aliphatic carbocycles. The lowest BCUT2D eigenvalue weighted by Gasteiger charge is -2.32. The number of hydrogen-bond donors (Lipinski definition) is 1. The number of hydrogen-bond acceptors (Lipinski definition) is 4. The Labute approximate surface area is 158 Å². The SMILES string of the molecule is CC(C)(C)OC(=O)N1CCc2c(F)c(O)cc(OCc3ccccc3)c2C1. The molecule has 27 heavy (non-hydrogen) atoms. The summed E-state index contributed by atoms with van der Waals surface area (Å²) >= 11 is 0. The molecule has 1 aliphatic rings. The van der Waals surface area contributed by atoms with Crippen LogP contribution in [-0.2, 0) is 24.3 Å². The third-order valence-electron chi connectivity index (χ3n) is 4.29. The fourth-order valence-corrected chi connectivity index (χ4v) is 3.01. The lowest BCUT2D eigenvalue weighted by Crippen LogP contribution is -2.40. The van der Waals surface area contributed by atoms with Crippen LogP contribution in [0.2, 0.25) is 0 Å². The zero-order valence-corrected chi connectivity index (χ0v) is 15.8. The first-order valence-corrected chi connectivity index (χ1v) is 8.92. The summed E-state index contributed by atoms with van der Waals surface area (Å²) in [6.45, 7) is 6.18. The van der Waals surface area contributed by atoms with E-state index in [1.54, 1.807) is 20.8 Å². The minimum atomic E-state index is -0.652. The lowest BCUT2D eigenvalue weighted by atomic mass is 9.97. The van der Waals surface area contributed by atoms with Gasteiger partial charge in [-0.3, -0.25) is 0 Å². The molecule has 1 N–H and O–H groups in total. The molecule has 1 amide bonds. The van der Waals surface area contributed by atoms with Crippen molar-refractivity contribution in [2.75, 3.05) is 6.54 Å². The Kier molecular flexibility index (Phi) is 5.26. The van der Waals surface area contributed by atoms with Crippen molar-refractivity contribution >= 4 is 6.09 Å². The molecule has 0 spiro atoms. The number of benzene rings is 2. The number of carbonyl (C=O) groups excluding carboxylic acids is 1. The second-order valence-electron chi connectivity index (χ2n) is 7.59. The highest BCUT2D eigenvalue weighted by atomic mass is 19.1. The molecule has 1 heterocycles. The summed E-state index contributed by atoms with van der Waals surface area (Å²) in [7, 11) is 0. The molecular weight excluding hydrogens is 349 g/mol. The van der Waals surface area contributed by atoms with Crippen LogP contribution in [0.15, 0.2) is 36.4 Å². The van der Waals surface area contributed by atoms with E-state index < -0.39 is 23.3 Å². The fraction of sp³-hybridized carbons (Fsp3) is 0.381. The van der Waals surface area contributed by atoms with Gasteiger partial charge in [0.25, 0.3) is 0 Å². The number of amides is 1. The van der Waals surface area contributed by atoms with Gasteiger partial charge in [-0.05, 0) is 32.8 Å². The first kappa shape index (κ1) is 19.0. The van der Waals surface area contributed by atoms with E-state index in [0.717, 1.165) is 5.56 Å². The van der Waals surface area contributed by atoms with E-state index in [1.807, 2.05) is 30.3 Å². The van der Waals surface area contributed by atoms with E-state index in [0.29, 0.717) is 23.4 Å². The zero-order valence-electron chi connectivity index (χ0n) is 15.8. The lowest BCUT2D eigenvalue weighted by molar-refractivity contribution is 0.0220. The Balaban J connectivity index is 1.84. The van der Waals surface area contributed by atoms with E-state index in [9.17, 15) is 14.3 Å². The number of nitrogens with zero attached hydrogens (tertiary/aromatic N) is 1. The number of phenols is 1. The van der Waals surface area contributed by atoms with Gasteiger partial charge in [0.15, 0.2) is 11.6 Å². The maximum Gasteiger partial charge on any atom is 0.410 e. The van der Waals surface area contributed by atoms with Gasteiger partial charge in [-0.1, -0.05) is 30.3 Å². The van der Waals surface area contributed by atoms with Gasteiger partial charge in [0.1, 0.15) is 18.0 Å². The molecule has 0 fully saturated rings. The predicted molar refractivity (Wildman–Crippen MR) is 99.2 cm³/mol. The Bertz CT molecular complexity index is 830. The van der Waals surface area contributed by atoms with Gasteiger partial charge in [0.05, 0.1) is 6.54 Å². The Morgan fingerprint density at radius 2 is 1.93 bits per heavy atom. The molecule has 0 unspecified atom stereocenters. The standard InChI is InChI=1S/C21H24FNO4/c1-21(2,3)27-20(25)23-10-9-15-16(12-23)18(11-17(24)19(15)22)26-13-14-7-5-4-6-8-14/h4-8,11,24H,9-10,12-13H2,1-3H3. The molecule has 0 radical (unpaired) electrons. The first-order chi connectivity index (χ1) is 12.7. The maximum atomic E-state index is 14.4. The zero-order chi connectivity index (χ0) is 19.6. The topological polar surface area (TPSA) is 59.0 Å². The first-order valence-electron chi connectivity index (χ1n) is 8.92. The third kappa shape index (κ3) is 4.51. The second kappa shape index (κ2) is 7.47. The summed E-state index contributed by atoms with van der Waals surface area (Å²) in [5.41, 5.74) is 1.30. The van der Waals surface area contributed by atoms with Gasteiger partial charge in [-0.25, -0.2) is 9.18 Å². The molecule has 0 aromatic heterocycles. The number of halogens is 1. The summed E-state index contributed by atoms with van der Waals surface area (Å²) in [4.78, 5) is 13.9. The van der Waals surface area contributed by atoms with Crippen LogP contribution < -0.4 is 4.74 Å². The van der Waals surface area contributed by atoms with Crippen molar-refractivity contribution in [1.29, 1.82) is 0 Å². The van der Waals surface area contributed by atoms with Crippen molar-refractivity contribution in [3.8, 4) is 11.5 Å². The van der Waals surface area contributed by atoms with Crippen LogP contribution in [0.3, 0.4) is 0 Å². The summed E-state index contributed by atoms with van der Waals surface area (Å²) < 4.78 is 25.7. The molecule has 3 rings (SSSR count). The highest BCUT2D eigenvalue weighted by molar-refractivity contribution is 5.69. The normalized spacial score (nSPS) is 13.9. The van der Waals surface area contributed by atoms with Crippen molar-refractivity contribution in [1.82, 2.24) is 4.90 Å². The number of fused-ring (bicyclic) bond motifs is 1. The fourth-order valence-electron chi connectivity index (χ4n) is 3.01.